The summed E-state index contributed by atoms with van der Waals surface area (Å²) in [5.74, 6) is 1.02. The number of anilines is 2. The van der Waals surface area contributed by atoms with E-state index in [1.165, 1.54) is 0 Å². The van der Waals surface area contributed by atoms with Crippen molar-refractivity contribution in [2.24, 2.45) is 7.05 Å². The number of thiophene rings is 1. The Hall–Kier alpha value is -2.95. The van der Waals surface area contributed by atoms with Crippen LogP contribution in [0.4, 0.5) is 10.9 Å². The maximum atomic E-state index is 6.05. The quantitative estimate of drug-likeness (QED) is 0.285. The molecular weight excluding hydrogens is 414 g/mol. The number of rotatable bonds is 10. The molecule has 0 amide bonds. The van der Waals surface area contributed by atoms with Crippen LogP contribution in [0.15, 0.2) is 36.1 Å². The number of fused-ring (bicyclic) bond motifs is 1. The van der Waals surface area contributed by atoms with Gasteiger partial charge in [0.2, 0.25) is 11.8 Å². The first-order chi connectivity index (χ1) is 15.0. The number of nitrogens with one attached hydrogen (secondary N) is 2. The fourth-order valence-electron chi connectivity index (χ4n) is 3.09. The Kier molecular flexibility index (Phi) is 6.50. The predicted octanol–water partition coefficient (Wildman–Crippen LogP) is 3.83. The van der Waals surface area contributed by atoms with Gasteiger partial charge in [-0.15, -0.1) is 11.3 Å². The van der Waals surface area contributed by atoms with Crippen LogP contribution >= 0.6 is 11.3 Å². The minimum Gasteiger partial charge on any atom is -0.473 e. The lowest BCUT2D eigenvalue weighted by molar-refractivity contribution is 0.105. The molecule has 31 heavy (non-hydrogen) atoms. The van der Waals surface area contributed by atoms with Gasteiger partial charge in [-0.05, 0) is 43.5 Å². The van der Waals surface area contributed by atoms with Crippen molar-refractivity contribution in [3.63, 3.8) is 0 Å². The normalized spacial score (nSPS) is 11.5. The van der Waals surface area contributed by atoms with Crippen LogP contribution in [-0.4, -0.2) is 43.7 Å². The zero-order valence-corrected chi connectivity index (χ0v) is 18.9. The highest BCUT2D eigenvalue weighted by Crippen LogP contribution is 2.31. The van der Waals surface area contributed by atoms with Crippen LogP contribution in [0, 0.1) is 0 Å². The van der Waals surface area contributed by atoms with Crippen LogP contribution in [0.2, 0.25) is 0 Å². The molecule has 4 heterocycles. The Morgan fingerprint density at radius 2 is 2.13 bits per heavy atom. The van der Waals surface area contributed by atoms with Gasteiger partial charge in [-0.3, -0.25) is 10.00 Å². The van der Waals surface area contributed by atoms with Gasteiger partial charge >= 0.3 is 0 Å². The average Bonchev–Trinajstić information content (AvgIpc) is 3.45. The molecule has 0 aliphatic rings. The summed E-state index contributed by atoms with van der Waals surface area (Å²) >= 11 is 1.59. The highest BCUT2D eigenvalue weighted by atomic mass is 32.1. The molecule has 4 rings (SSSR count). The summed E-state index contributed by atoms with van der Waals surface area (Å²) in [6.07, 6.45) is 5.68. The van der Waals surface area contributed by atoms with E-state index < -0.39 is 0 Å². The predicted molar refractivity (Wildman–Crippen MR) is 122 cm³/mol. The maximum Gasteiger partial charge on any atom is 0.244 e. The highest BCUT2D eigenvalue weighted by molar-refractivity contribution is 7.14. The zero-order chi connectivity index (χ0) is 21.8. The molecule has 164 valence electrons. The van der Waals surface area contributed by atoms with Crippen molar-refractivity contribution in [1.82, 2.24) is 29.6 Å². The van der Waals surface area contributed by atoms with Crippen molar-refractivity contribution in [1.29, 1.82) is 0 Å². The van der Waals surface area contributed by atoms with Crippen molar-refractivity contribution in [2.75, 3.05) is 18.6 Å². The Balaban J connectivity index is 1.60. The molecule has 0 saturated heterocycles. The van der Waals surface area contributed by atoms with Gasteiger partial charge in [-0.2, -0.15) is 10.1 Å². The Morgan fingerprint density at radius 3 is 2.87 bits per heavy atom. The molecule has 0 bridgehead atoms. The minimum atomic E-state index is -0.0228. The van der Waals surface area contributed by atoms with Crippen LogP contribution in [0.5, 0.6) is 5.88 Å². The van der Waals surface area contributed by atoms with Crippen molar-refractivity contribution < 1.29 is 9.47 Å². The summed E-state index contributed by atoms with van der Waals surface area (Å²) in [6, 6.07) is 4.00. The van der Waals surface area contributed by atoms with Gasteiger partial charge in [0, 0.05) is 19.4 Å². The van der Waals surface area contributed by atoms with Gasteiger partial charge in [-0.25, -0.2) is 4.98 Å². The monoisotopic (exact) mass is 441 g/mol. The number of hydrogen-bond acceptors (Lipinski definition) is 8. The topological polar surface area (TPSA) is 91.0 Å². The highest BCUT2D eigenvalue weighted by Gasteiger charge is 2.17. The van der Waals surface area contributed by atoms with E-state index in [0.717, 1.165) is 33.8 Å². The molecule has 0 fully saturated rings. The molecule has 0 saturated carbocycles. The van der Waals surface area contributed by atoms with E-state index in [1.807, 2.05) is 50.0 Å². The van der Waals surface area contributed by atoms with E-state index >= 15 is 0 Å². The van der Waals surface area contributed by atoms with Crippen LogP contribution < -0.4 is 15.4 Å². The third-order valence-electron chi connectivity index (χ3n) is 4.43. The lowest BCUT2D eigenvalue weighted by atomic mass is 10.3. The molecular formula is C21H27N7O2S. The van der Waals surface area contributed by atoms with E-state index in [4.69, 9.17) is 14.5 Å². The van der Waals surface area contributed by atoms with E-state index in [9.17, 15) is 0 Å². The van der Waals surface area contributed by atoms with Gasteiger partial charge in [0.1, 0.15) is 5.52 Å². The van der Waals surface area contributed by atoms with Crippen molar-refractivity contribution in [3.8, 4) is 11.6 Å². The molecule has 10 heteroatoms. The SMILES string of the molecule is CCNCOCc1csc(Nc2nc(OC(C)C)c3c(ccn3-c3cnn(C)c3)n2)c1. The molecule has 0 aliphatic heterocycles. The van der Waals surface area contributed by atoms with E-state index in [-0.39, 0.29) is 6.10 Å². The van der Waals surface area contributed by atoms with Crippen molar-refractivity contribution in [2.45, 2.75) is 33.5 Å². The molecule has 0 aliphatic carbocycles. The standard InChI is InChI=1S/C21H27N7O2S/c1-5-22-13-29-11-15-8-18(31-12-15)25-21-24-17-6-7-28(16-9-23-27(4)10-16)19(17)20(26-21)30-14(2)3/h6-10,12,14,22H,5,11,13H2,1-4H3,(H,24,25,26). The van der Waals surface area contributed by atoms with Gasteiger partial charge in [0.25, 0.3) is 0 Å². The molecule has 0 atom stereocenters. The van der Waals surface area contributed by atoms with Crippen LogP contribution in [0.3, 0.4) is 0 Å². The van der Waals surface area contributed by atoms with Crippen LogP contribution in [0.1, 0.15) is 26.3 Å². The lowest BCUT2D eigenvalue weighted by Gasteiger charge is -2.13. The summed E-state index contributed by atoms with van der Waals surface area (Å²) in [4.78, 5) is 9.37. The van der Waals surface area contributed by atoms with Gasteiger partial charge in [-0.1, -0.05) is 6.92 Å². The average molecular weight is 442 g/mol. The minimum absolute atomic E-state index is 0.0228. The summed E-state index contributed by atoms with van der Waals surface area (Å²) in [5.41, 5.74) is 3.64. The lowest BCUT2D eigenvalue weighted by Crippen LogP contribution is -2.16. The van der Waals surface area contributed by atoms with Crippen molar-refractivity contribution >= 4 is 33.3 Å². The first-order valence-corrected chi connectivity index (χ1v) is 11.1. The molecule has 0 unspecified atom stereocenters. The second-order valence-corrected chi connectivity index (χ2v) is 8.26. The summed E-state index contributed by atoms with van der Waals surface area (Å²) in [5, 5.41) is 13.7. The fourth-order valence-corrected chi connectivity index (χ4v) is 3.88. The molecule has 4 aromatic heterocycles. The molecule has 2 N–H and O–H groups in total. The molecule has 0 aromatic carbocycles. The second kappa shape index (κ2) is 9.46. The fraction of sp³-hybridized carbons (Fsp3) is 0.381. The third-order valence-corrected chi connectivity index (χ3v) is 5.32. The summed E-state index contributed by atoms with van der Waals surface area (Å²) < 4.78 is 15.4. The van der Waals surface area contributed by atoms with Gasteiger partial charge in [0.15, 0.2) is 0 Å². The second-order valence-electron chi connectivity index (χ2n) is 7.35. The van der Waals surface area contributed by atoms with Gasteiger partial charge in [0.05, 0.1) is 41.8 Å². The number of aromatic nitrogens is 5. The molecule has 9 nitrogen and oxygen atoms in total. The van der Waals surface area contributed by atoms with Gasteiger partial charge < -0.3 is 19.4 Å². The number of aryl methyl sites for hydroxylation is 1. The van der Waals surface area contributed by atoms with Crippen molar-refractivity contribution in [3.05, 3.63) is 41.7 Å². The molecule has 0 spiro atoms. The summed E-state index contributed by atoms with van der Waals surface area (Å²) in [6.45, 7) is 8.00. The molecule has 4 aromatic rings. The Morgan fingerprint density at radius 1 is 1.26 bits per heavy atom. The first kappa shape index (κ1) is 21.3. The Bertz CT molecular complexity index is 1150. The van der Waals surface area contributed by atoms with E-state index in [2.05, 4.69) is 33.0 Å². The largest absolute Gasteiger partial charge is 0.473 e. The van der Waals surface area contributed by atoms with Crippen LogP contribution in [0.25, 0.3) is 16.7 Å². The number of hydrogen-bond donors (Lipinski definition) is 2. The smallest absolute Gasteiger partial charge is 0.244 e. The Labute approximate surface area is 185 Å². The van der Waals surface area contributed by atoms with E-state index in [0.29, 0.717) is 25.2 Å². The van der Waals surface area contributed by atoms with Crippen LogP contribution in [-0.2, 0) is 18.4 Å². The maximum absolute atomic E-state index is 6.05. The molecule has 0 radical (unpaired) electrons. The summed E-state index contributed by atoms with van der Waals surface area (Å²) in [7, 11) is 1.89. The number of nitrogens with zero attached hydrogens (tertiary/aromatic N) is 5. The van der Waals surface area contributed by atoms with E-state index in [1.54, 1.807) is 22.2 Å². The first-order valence-electron chi connectivity index (χ1n) is 10.2. The zero-order valence-electron chi connectivity index (χ0n) is 18.1. The number of ether oxygens (including phenoxy) is 2. The third kappa shape index (κ3) is 5.04.